The van der Waals surface area contributed by atoms with Crippen molar-refractivity contribution in [2.75, 3.05) is 6.54 Å². The van der Waals surface area contributed by atoms with Gasteiger partial charge in [0.05, 0.1) is 6.10 Å². The number of carboxylic acid groups (broad SMARTS) is 1. The van der Waals surface area contributed by atoms with Crippen LogP contribution in [0.5, 0.6) is 0 Å². The lowest BCUT2D eigenvalue weighted by atomic mass is 9.95. The van der Waals surface area contributed by atoms with Gasteiger partial charge in [-0.15, -0.1) is 0 Å². The van der Waals surface area contributed by atoms with Crippen molar-refractivity contribution < 1.29 is 30.0 Å². The molecule has 1 saturated heterocycles. The summed E-state index contributed by atoms with van der Waals surface area (Å²) >= 11 is 0. The molecule has 0 aromatic rings. The fourth-order valence-corrected chi connectivity index (χ4v) is 1.35. The molecule has 7 nitrogen and oxygen atoms in total. The third kappa shape index (κ3) is 1.86. The summed E-state index contributed by atoms with van der Waals surface area (Å²) in [5.41, 5.74) is 5.19. The Kier molecular flexibility index (Phi) is 3.40. The Hall–Kier alpha value is -0.730. The predicted octanol–water partition coefficient (Wildman–Crippen LogP) is -3.12. The number of rotatable bonds is 2. The van der Waals surface area contributed by atoms with Gasteiger partial charge in [-0.05, 0) is 0 Å². The highest BCUT2D eigenvalue weighted by Crippen LogP contribution is 2.20. The van der Waals surface area contributed by atoms with Gasteiger partial charge in [-0.3, -0.25) is 0 Å². The first-order valence-electron chi connectivity index (χ1n) is 4.11. The first-order chi connectivity index (χ1) is 6.49. The summed E-state index contributed by atoms with van der Waals surface area (Å²) in [6.07, 6.45) is -7.11. The minimum atomic E-state index is -1.65. The number of aliphatic carboxylic acids is 1. The summed E-state index contributed by atoms with van der Waals surface area (Å²) in [7, 11) is 0. The summed E-state index contributed by atoms with van der Waals surface area (Å²) in [6, 6.07) is 0. The van der Waals surface area contributed by atoms with Gasteiger partial charge in [-0.25, -0.2) is 4.79 Å². The molecule has 0 amide bonds. The topological polar surface area (TPSA) is 133 Å². The number of aliphatic hydroxyl groups excluding tert-OH is 3. The maximum atomic E-state index is 10.6. The summed E-state index contributed by atoms with van der Waals surface area (Å²) < 4.78 is 4.81. The van der Waals surface area contributed by atoms with E-state index in [-0.39, 0.29) is 6.54 Å². The van der Waals surface area contributed by atoms with Crippen molar-refractivity contribution >= 4 is 5.97 Å². The van der Waals surface area contributed by atoms with Gasteiger partial charge in [0, 0.05) is 6.54 Å². The van der Waals surface area contributed by atoms with Gasteiger partial charge in [0.25, 0.3) is 0 Å². The van der Waals surface area contributed by atoms with E-state index in [9.17, 15) is 20.1 Å². The molecule has 1 heterocycles. The quantitative estimate of drug-likeness (QED) is 0.323. The van der Waals surface area contributed by atoms with Crippen LogP contribution in [-0.2, 0) is 9.53 Å². The molecule has 0 aromatic carbocycles. The van der Waals surface area contributed by atoms with Gasteiger partial charge in [-0.2, -0.15) is 0 Å². The Balaban J connectivity index is 2.78. The average Bonchev–Trinajstić information content (AvgIpc) is 2.14. The van der Waals surface area contributed by atoms with Gasteiger partial charge < -0.3 is 30.9 Å². The van der Waals surface area contributed by atoms with Crippen LogP contribution in [0.2, 0.25) is 0 Å². The zero-order valence-electron chi connectivity index (χ0n) is 7.28. The molecular weight excluding hydrogens is 194 g/mol. The van der Waals surface area contributed by atoms with Crippen molar-refractivity contribution in [1.82, 2.24) is 0 Å². The largest absolute Gasteiger partial charge is 0.479 e. The van der Waals surface area contributed by atoms with Crippen molar-refractivity contribution in [3.8, 4) is 0 Å². The fraction of sp³-hybridized carbons (Fsp3) is 0.857. The summed E-state index contributed by atoms with van der Waals surface area (Å²) in [6.45, 7) is -0.130. The second kappa shape index (κ2) is 4.20. The van der Waals surface area contributed by atoms with Crippen LogP contribution in [0, 0.1) is 0 Å². The molecule has 1 aliphatic heterocycles. The molecule has 82 valence electrons. The first-order valence-corrected chi connectivity index (χ1v) is 4.11. The molecule has 1 rings (SSSR count). The Morgan fingerprint density at radius 1 is 1.21 bits per heavy atom. The van der Waals surface area contributed by atoms with Gasteiger partial charge in [0.1, 0.15) is 18.3 Å². The molecule has 0 radical (unpaired) electrons. The van der Waals surface area contributed by atoms with Crippen LogP contribution in [0.4, 0.5) is 0 Å². The highest BCUT2D eigenvalue weighted by atomic mass is 16.6. The Morgan fingerprint density at radius 3 is 2.21 bits per heavy atom. The Labute approximate surface area is 79.7 Å². The molecule has 5 atom stereocenters. The van der Waals surface area contributed by atoms with Gasteiger partial charge >= 0.3 is 5.97 Å². The van der Waals surface area contributed by atoms with Crippen LogP contribution in [0.1, 0.15) is 0 Å². The molecule has 7 heteroatoms. The lowest BCUT2D eigenvalue weighted by molar-refractivity contribution is -0.225. The van der Waals surface area contributed by atoms with E-state index in [1.54, 1.807) is 0 Å². The molecule has 1 fully saturated rings. The molecule has 0 saturated carbocycles. The zero-order chi connectivity index (χ0) is 10.9. The minimum absolute atomic E-state index is 0.130. The minimum Gasteiger partial charge on any atom is -0.479 e. The molecule has 0 spiro atoms. The number of hydrogen-bond acceptors (Lipinski definition) is 6. The molecule has 14 heavy (non-hydrogen) atoms. The highest BCUT2D eigenvalue weighted by molar-refractivity contribution is 5.73. The molecule has 1 aliphatic rings. The Bertz CT molecular complexity index is 220. The number of carboxylic acids is 1. The normalized spacial score (nSPS) is 43.6. The third-order valence-corrected chi connectivity index (χ3v) is 2.19. The summed E-state index contributed by atoms with van der Waals surface area (Å²) in [5, 5.41) is 36.4. The molecular formula is C7H13NO6. The van der Waals surface area contributed by atoms with E-state index in [1.165, 1.54) is 0 Å². The summed E-state index contributed by atoms with van der Waals surface area (Å²) in [4.78, 5) is 10.6. The number of nitrogens with two attached hydrogens (primary N) is 1. The second-order valence-electron chi connectivity index (χ2n) is 3.14. The predicted molar refractivity (Wildman–Crippen MR) is 43.4 cm³/mol. The third-order valence-electron chi connectivity index (χ3n) is 2.19. The van der Waals surface area contributed by atoms with Crippen molar-refractivity contribution in [2.45, 2.75) is 30.5 Å². The van der Waals surface area contributed by atoms with Crippen LogP contribution in [0.25, 0.3) is 0 Å². The smallest absolute Gasteiger partial charge is 0.335 e. The van der Waals surface area contributed by atoms with E-state index in [1.807, 2.05) is 0 Å². The van der Waals surface area contributed by atoms with E-state index in [4.69, 9.17) is 15.6 Å². The maximum Gasteiger partial charge on any atom is 0.335 e. The van der Waals surface area contributed by atoms with Gasteiger partial charge in [0.15, 0.2) is 6.10 Å². The highest BCUT2D eigenvalue weighted by Gasteiger charge is 2.46. The number of hydrogen-bond donors (Lipinski definition) is 5. The van der Waals surface area contributed by atoms with E-state index in [2.05, 4.69) is 0 Å². The van der Waals surface area contributed by atoms with Crippen LogP contribution in [0.3, 0.4) is 0 Å². The number of aliphatic hydroxyl groups is 3. The van der Waals surface area contributed by atoms with Gasteiger partial charge in [0.2, 0.25) is 0 Å². The fourth-order valence-electron chi connectivity index (χ4n) is 1.35. The molecule has 3 unspecified atom stereocenters. The molecule has 0 aliphatic carbocycles. The molecule has 6 N–H and O–H groups in total. The van der Waals surface area contributed by atoms with E-state index < -0.39 is 36.5 Å². The van der Waals surface area contributed by atoms with Crippen molar-refractivity contribution in [1.29, 1.82) is 0 Å². The molecule has 0 aromatic heterocycles. The van der Waals surface area contributed by atoms with E-state index in [0.29, 0.717) is 0 Å². The second-order valence-corrected chi connectivity index (χ2v) is 3.14. The Morgan fingerprint density at radius 2 is 1.79 bits per heavy atom. The van der Waals surface area contributed by atoms with Crippen LogP contribution < -0.4 is 5.73 Å². The monoisotopic (exact) mass is 207 g/mol. The van der Waals surface area contributed by atoms with Crippen LogP contribution >= 0.6 is 0 Å². The summed E-state index contributed by atoms with van der Waals surface area (Å²) in [5.74, 6) is -1.40. The van der Waals surface area contributed by atoms with Crippen molar-refractivity contribution in [3.05, 3.63) is 0 Å². The van der Waals surface area contributed by atoms with E-state index in [0.717, 1.165) is 0 Å². The van der Waals surface area contributed by atoms with Crippen molar-refractivity contribution in [2.24, 2.45) is 5.73 Å². The van der Waals surface area contributed by atoms with E-state index >= 15 is 0 Å². The number of carbonyl (C=O) groups is 1. The van der Waals surface area contributed by atoms with Gasteiger partial charge in [-0.1, -0.05) is 0 Å². The van der Waals surface area contributed by atoms with Crippen LogP contribution in [0.15, 0.2) is 0 Å². The maximum absolute atomic E-state index is 10.6. The average molecular weight is 207 g/mol. The SMILES string of the molecule is NC[C@@H]1OC(C(=O)O)[C@@H](O)C(O)C1O. The lowest BCUT2D eigenvalue weighted by Crippen LogP contribution is -2.61. The first kappa shape index (κ1) is 11.3. The molecule has 0 bridgehead atoms. The van der Waals surface area contributed by atoms with Crippen LogP contribution in [-0.4, -0.2) is 63.5 Å². The lowest BCUT2D eigenvalue weighted by Gasteiger charge is -2.38. The zero-order valence-corrected chi connectivity index (χ0v) is 7.28. The number of ether oxygens (including phenoxy) is 1. The standard InChI is InChI=1S/C7H13NO6/c8-1-2-3(9)4(10)5(11)6(14-2)7(12)13/h2-6,9-11H,1,8H2,(H,12,13)/t2-,3?,4?,5-,6?/m0/s1. The van der Waals surface area contributed by atoms with Crippen molar-refractivity contribution in [3.63, 3.8) is 0 Å².